The molecule has 0 spiro atoms. The summed E-state index contributed by atoms with van der Waals surface area (Å²) in [5.41, 5.74) is 0. The topological polar surface area (TPSA) is 237 Å². The smallest absolute Gasteiger partial charge is 0.462 e. The summed E-state index contributed by atoms with van der Waals surface area (Å²) in [6.07, 6.45) is 101. The lowest BCUT2D eigenvalue weighted by Gasteiger charge is -2.21. The van der Waals surface area contributed by atoms with E-state index in [-0.39, 0.29) is 25.7 Å². The van der Waals surface area contributed by atoms with Gasteiger partial charge in [-0.2, -0.15) is 0 Å². The molecule has 0 saturated heterocycles. The molecule has 0 heterocycles. The van der Waals surface area contributed by atoms with E-state index in [0.717, 1.165) is 154 Å². The van der Waals surface area contributed by atoms with Crippen LogP contribution in [-0.2, 0) is 65.4 Å². The molecule has 0 aromatic heterocycles. The van der Waals surface area contributed by atoms with E-state index in [1.165, 1.54) is 0 Å². The summed E-state index contributed by atoms with van der Waals surface area (Å²) in [5, 5.41) is 10.6. The average molecular weight is 1540 g/mol. The second kappa shape index (κ2) is 78.2. The number of hydrogen-bond donors (Lipinski definition) is 3. The molecular formula is C89H136O17P2. The molecule has 17 nitrogen and oxygen atoms in total. The third-order valence-electron chi connectivity index (χ3n) is 15.2. The lowest BCUT2D eigenvalue weighted by Crippen LogP contribution is -2.30. The fraction of sp³-hybridized carbons (Fsp3) is 0.528. The number of aliphatic hydroxyl groups is 1. The van der Waals surface area contributed by atoms with E-state index >= 15 is 0 Å². The Kier molecular flexibility index (Phi) is 73.3. The molecule has 5 atom stereocenters. The van der Waals surface area contributed by atoms with Crippen LogP contribution in [0.15, 0.2) is 231 Å². The van der Waals surface area contributed by atoms with Gasteiger partial charge in [-0.1, -0.05) is 291 Å². The Morgan fingerprint density at radius 2 is 0.519 bits per heavy atom. The fourth-order valence-electron chi connectivity index (χ4n) is 9.31. The van der Waals surface area contributed by atoms with Gasteiger partial charge >= 0.3 is 39.5 Å². The van der Waals surface area contributed by atoms with Gasteiger partial charge in [-0.05, 0) is 161 Å². The second-order valence-electron chi connectivity index (χ2n) is 25.1. The zero-order valence-corrected chi connectivity index (χ0v) is 67.7. The molecular weight excluding hydrogens is 1400 g/mol. The van der Waals surface area contributed by atoms with Crippen molar-refractivity contribution in [3.63, 3.8) is 0 Å². The maximum atomic E-state index is 13.1. The molecule has 0 radical (unpaired) electrons. The largest absolute Gasteiger partial charge is 0.472 e. The highest BCUT2D eigenvalue weighted by Gasteiger charge is 2.30. The van der Waals surface area contributed by atoms with Crippen molar-refractivity contribution in [1.29, 1.82) is 0 Å². The number of carbonyl (C=O) groups excluding carboxylic acids is 4. The summed E-state index contributed by atoms with van der Waals surface area (Å²) >= 11 is 0. The van der Waals surface area contributed by atoms with Crippen LogP contribution in [0.1, 0.15) is 246 Å². The molecule has 0 rings (SSSR count). The highest BCUT2D eigenvalue weighted by atomic mass is 31.2. The number of aliphatic hydroxyl groups excluding tert-OH is 1. The van der Waals surface area contributed by atoms with Crippen molar-refractivity contribution in [1.82, 2.24) is 0 Å². The van der Waals surface area contributed by atoms with Gasteiger partial charge in [-0.25, -0.2) is 9.13 Å². The predicted molar refractivity (Wildman–Crippen MR) is 444 cm³/mol. The number of hydrogen-bond acceptors (Lipinski definition) is 15. The first kappa shape index (κ1) is 101. The van der Waals surface area contributed by atoms with E-state index in [1.54, 1.807) is 12.2 Å². The number of rotatable bonds is 71. The number of esters is 4. The zero-order chi connectivity index (χ0) is 78.9. The number of carbonyl (C=O) groups is 4. The van der Waals surface area contributed by atoms with Gasteiger partial charge in [0.15, 0.2) is 12.2 Å². The van der Waals surface area contributed by atoms with Crippen molar-refractivity contribution in [2.75, 3.05) is 39.6 Å². The maximum Gasteiger partial charge on any atom is 0.472 e. The normalized spacial score (nSPS) is 15.1. The minimum atomic E-state index is -5.03. The lowest BCUT2D eigenvalue weighted by atomic mass is 10.1. The monoisotopic (exact) mass is 1540 g/mol. The molecule has 0 saturated carbocycles. The average Bonchev–Trinajstić information content (AvgIpc) is 0.906. The van der Waals surface area contributed by atoms with Crippen LogP contribution in [0.5, 0.6) is 0 Å². The Hall–Kier alpha value is -6.88. The summed E-state index contributed by atoms with van der Waals surface area (Å²) in [4.78, 5) is 73.0. The van der Waals surface area contributed by atoms with Gasteiger partial charge in [0.1, 0.15) is 19.3 Å². The standard InChI is InChI=1S/C89H136O17P2/c1-5-9-13-17-21-25-29-33-37-40-41-44-47-50-54-58-62-66-70-74-87(92)100-80-85(106-89(94)76-72-68-64-60-56-52-48-43-39-35-31-27-23-19-15-11-7-3)82-104-108(97,98)102-78-83(90)77-101-107(95,96)103-81-84(105-88(93)75-71-67-63-59-55-51-45-36-32-28-24-20-16-12-8-4)79-99-86(91)73-69-65-61-57-53-49-46-42-38-34-30-26-22-18-14-10-6-2/h9-16,21-28,33-39,41,44-46,49-50,54-55,57,59,61-62,66-67,71,83-85,90H,5-8,17-20,29-32,40,42-43,47-48,51-53,56,58,60,63-65,68-70,72-82H2,1-4H3,(H,95,96)(H,97,98)/b13-9-,14-10-,15-11-,16-12-,25-21-,26-22-,27-23-,28-24-,37-33-,38-34-,39-35-,44-41-,45-36-,49-46-,54-50-,59-55-,61-57-,66-62-,71-67-. The highest BCUT2D eigenvalue weighted by Crippen LogP contribution is 2.45. The molecule has 604 valence electrons. The summed E-state index contributed by atoms with van der Waals surface area (Å²) < 4.78 is 68.3. The van der Waals surface area contributed by atoms with Gasteiger partial charge in [0, 0.05) is 19.3 Å². The quantitative estimate of drug-likeness (QED) is 0.0169. The molecule has 0 aromatic carbocycles. The molecule has 0 aromatic rings. The van der Waals surface area contributed by atoms with Crippen LogP contribution in [0, 0.1) is 0 Å². The Morgan fingerprint density at radius 1 is 0.269 bits per heavy atom. The fourth-order valence-corrected chi connectivity index (χ4v) is 10.9. The molecule has 0 aliphatic heterocycles. The molecule has 0 aliphatic rings. The SMILES string of the molecule is CC/C=C\C/C=C\C/C=C\C/C=C\C/C=C\C/C=C\CCC(=O)OCC(COP(=O)(O)OCC(O)COP(=O)(O)OCC(COC(=O)CCC/C=C\C/C=C\C/C=C\C/C=C\C/C=C\CC)OC(=O)C/C=C\C/C=C\C/C=C\C/C=C\C/C=C\CC)OC(=O)CCCCCCCCC/C=C\C/C=C\C/C=C\CC. The summed E-state index contributed by atoms with van der Waals surface area (Å²) in [6.45, 7) is 4.09. The number of phosphoric acid groups is 2. The van der Waals surface area contributed by atoms with Crippen LogP contribution in [0.4, 0.5) is 0 Å². The molecule has 19 heteroatoms. The van der Waals surface area contributed by atoms with Crippen LogP contribution >= 0.6 is 15.6 Å². The number of ether oxygens (including phenoxy) is 4. The minimum absolute atomic E-state index is 0.0204. The highest BCUT2D eigenvalue weighted by molar-refractivity contribution is 7.47. The molecule has 0 amide bonds. The van der Waals surface area contributed by atoms with Crippen LogP contribution in [0.2, 0.25) is 0 Å². The Labute approximate surface area is 651 Å². The van der Waals surface area contributed by atoms with Crippen molar-refractivity contribution in [3.05, 3.63) is 231 Å². The van der Waals surface area contributed by atoms with Gasteiger partial charge in [0.25, 0.3) is 0 Å². The predicted octanol–water partition coefficient (Wildman–Crippen LogP) is 23.4. The van der Waals surface area contributed by atoms with Crippen molar-refractivity contribution in [2.45, 2.75) is 264 Å². The van der Waals surface area contributed by atoms with Crippen molar-refractivity contribution >= 4 is 39.5 Å². The molecule has 108 heavy (non-hydrogen) atoms. The minimum Gasteiger partial charge on any atom is -0.462 e. The lowest BCUT2D eigenvalue weighted by molar-refractivity contribution is -0.161. The molecule has 0 fully saturated rings. The van der Waals surface area contributed by atoms with Crippen molar-refractivity contribution < 1.29 is 80.2 Å². The Bertz CT molecular complexity index is 2960. The van der Waals surface area contributed by atoms with Gasteiger partial charge in [-0.15, -0.1) is 0 Å². The number of allylic oxidation sites excluding steroid dienone is 37. The van der Waals surface area contributed by atoms with E-state index < -0.39 is 97.5 Å². The molecule has 0 aliphatic carbocycles. The van der Waals surface area contributed by atoms with Crippen LogP contribution in [-0.4, -0.2) is 96.7 Å². The third kappa shape index (κ3) is 77.3. The summed E-state index contributed by atoms with van der Waals surface area (Å²) in [7, 11) is -10.1. The van der Waals surface area contributed by atoms with Gasteiger partial charge < -0.3 is 33.8 Å². The Morgan fingerprint density at radius 3 is 0.861 bits per heavy atom. The third-order valence-corrected chi connectivity index (χ3v) is 17.1. The molecule has 0 bridgehead atoms. The van der Waals surface area contributed by atoms with Crippen molar-refractivity contribution in [2.24, 2.45) is 0 Å². The van der Waals surface area contributed by atoms with Crippen LogP contribution in [0.3, 0.4) is 0 Å². The number of phosphoric ester groups is 2. The maximum absolute atomic E-state index is 13.1. The van der Waals surface area contributed by atoms with Gasteiger partial charge in [-0.3, -0.25) is 37.3 Å². The summed E-state index contributed by atoms with van der Waals surface area (Å²) in [6, 6.07) is 0. The van der Waals surface area contributed by atoms with Gasteiger partial charge in [0.05, 0.1) is 32.8 Å². The van der Waals surface area contributed by atoms with E-state index in [2.05, 4.69) is 204 Å². The van der Waals surface area contributed by atoms with E-state index in [1.807, 2.05) is 42.5 Å². The van der Waals surface area contributed by atoms with Gasteiger partial charge in [0.2, 0.25) is 0 Å². The first-order valence-corrected chi connectivity index (χ1v) is 42.6. The molecule has 3 N–H and O–H groups in total. The Balaban J connectivity index is 5.59. The second-order valence-corrected chi connectivity index (χ2v) is 28.0. The first-order valence-electron chi connectivity index (χ1n) is 39.6. The van der Waals surface area contributed by atoms with E-state index in [0.29, 0.717) is 38.5 Å². The zero-order valence-electron chi connectivity index (χ0n) is 65.9. The number of unbranched alkanes of at least 4 members (excludes halogenated alkanes) is 8. The van der Waals surface area contributed by atoms with Crippen molar-refractivity contribution in [3.8, 4) is 0 Å². The summed E-state index contributed by atoms with van der Waals surface area (Å²) in [5.74, 6) is -2.53. The van der Waals surface area contributed by atoms with Crippen LogP contribution < -0.4 is 0 Å². The first-order chi connectivity index (χ1) is 52.7. The van der Waals surface area contributed by atoms with Crippen LogP contribution in [0.25, 0.3) is 0 Å². The van der Waals surface area contributed by atoms with E-state index in [9.17, 15) is 43.2 Å². The molecule has 5 unspecified atom stereocenters. The van der Waals surface area contributed by atoms with E-state index in [4.69, 9.17) is 37.0 Å².